The first kappa shape index (κ1) is 12.0. The number of nitrogens with one attached hydrogen (secondary N) is 1. The highest BCUT2D eigenvalue weighted by Crippen LogP contribution is 2.28. The third-order valence-corrected chi connectivity index (χ3v) is 2.50. The molecule has 0 aliphatic rings. The molecule has 0 bridgehead atoms. The third-order valence-electron chi connectivity index (χ3n) is 2.50. The monoisotopic (exact) mass is 249 g/mol. The summed E-state index contributed by atoms with van der Waals surface area (Å²) in [5.74, 6) is -2.36. The summed E-state index contributed by atoms with van der Waals surface area (Å²) in [4.78, 5) is 6.59. The van der Waals surface area contributed by atoms with Crippen molar-refractivity contribution in [3.05, 3.63) is 47.5 Å². The zero-order valence-electron chi connectivity index (χ0n) is 9.45. The van der Waals surface area contributed by atoms with Crippen LogP contribution in [0.5, 0.6) is 5.75 Å². The van der Waals surface area contributed by atoms with Gasteiger partial charge in [-0.25, -0.2) is 13.8 Å². The number of methoxy groups -OCH3 is 1. The Kier molecular flexibility index (Phi) is 3.24. The van der Waals surface area contributed by atoms with E-state index >= 15 is 0 Å². The van der Waals surface area contributed by atoms with E-state index in [1.165, 1.54) is 19.5 Å². The van der Waals surface area contributed by atoms with Crippen LogP contribution in [0.25, 0.3) is 0 Å². The van der Waals surface area contributed by atoms with Gasteiger partial charge in [0.25, 0.3) is 0 Å². The quantitative estimate of drug-likeness (QED) is 0.908. The van der Waals surface area contributed by atoms with Crippen molar-refractivity contribution in [3.8, 4) is 11.8 Å². The van der Waals surface area contributed by atoms with Crippen molar-refractivity contribution in [1.29, 1.82) is 5.26 Å². The zero-order valence-corrected chi connectivity index (χ0v) is 9.45. The fourth-order valence-corrected chi connectivity index (χ4v) is 1.63. The Hall–Kier alpha value is -2.42. The largest absolute Gasteiger partial charge is 0.494 e. The number of halogens is 2. The molecule has 2 aromatic rings. The van der Waals surface area contributed by atoms with E-state index in [1.54, 1.807) is 0 Å². The second-order valence-corrected chi connectivity index (χ2v) is 3.54. The van der Waals surface area contributed by atoms with Crippen LogP contribution in [-0.4, -0.2) is 17.1 Å². The number of hydrogen-bond donors (Lipinski definition) is 1. The molecule has 0 saturated carbocycles. The molecule has 0 amide bonds. The van der Waals surface area contributed by atoms with Gasteiger partial charge < -0.3 is 9.72 Å². The van der Waals surface area contributed by atoms with E-state index in [0.717, 1.165) is 12.1 Å². The van der Waals surface area contributed by atoms with E-state index in [9.17, 15) is 8.78 Å². The molecule has 1 aromatic carbocycles. The fraction of sp³-hybridized carbons (Fsp3) is 0.167. The molecule has 1 heterocycles. The Labute approximate surface area is 102 Å². The number of imidazole rings is 1. The number of rotatable bonds is 3. The molecule has 0 radical (unpaired) electrons. The van der Waals surface area contributed by atoms with Crippen LogP contribution in [0.4, 0.5) is 8.78 Å². The van der Waals surface area contributed by atoms with Gasteiger partial charge in [-0.05, 0) is 6.07 Å². The average Bonchev–Trinajstić information content (AvgIpc) is 2.87. The smallest absolute Gasteiger partial charge is 0.165 e. The lowest BCUT2D eigenvalue weighted by atomic mass is 9.99. The van der Waals surface area contributed by atoms with Crippen LogP contribution in [0.15, 0.2) is 24.5 Å². The zero-order chi connectivity index (χ0) is 13.1. The number of ether oxygens (including phenoxy) is 1. The number of benzene rings is 1. The van der Waals surface area contributed by atoms with E-state index < -0.39 is 17.6 Å². The van der Waals surface area contributed by atoms with Crippen molar-refractivity contribution < 1.29 is 13.5 Å². The maximum atomic E-state index is 13.8. The summed E-state index contributed by atoms with van der Waals surface area (Å²) in [5.41, 5.74) is -0.0780. The lowest BCUT2D eigenvalue weighted by molar-refractivity contribution is 0.381. The standard InChI is InChI=1S/C12H9F2N3O/c1-18-11-5-9(13)7(4-10(11)14)8(6-15)12-16-2-3-17-12/h2-5,8H,1H3,(H,16,17). The highest BCUT2D eigenvalue weighted by atomic mass is 19.1. The Morgan fingerprint density at radius 1 is 1.39 bits per heavy atom. The Morgan fingerprint density at radius 2 is 2.17 bits per heavy atom. The molecule has 92 valence electrons. The summed E-state index contributed by atoms with van der Waals surface area (Å²) in [6.07, 6.45) is 2.95. The van der Waals surface area contributed by atoms with Crippen molar-refractivity contribution >= 4 is 0 Å². The fourth-order valence-electron chi connectivity index (χ4n) is 1.63. The van der Waals surface area contributed by atoms with Crippen LogP contribution in [0.3, 0.4) is 0 Å². The van der Waals surface area contributed by atoms with Crippen LogP contribution in [0, 0.1) is 23.0 Å². The molecule has 4 nitrogen and oxygen atoms in total. The summed E-state index contributed by atoms with van der Waals surface area (Å²) >= 11 is 0. The molecule has 1 unspecified atom stereocenters. The normalized spacial score (nSPS) is 11.9. The van der Waals surface area contributed by atoms with Crippen molar-refractivity contribution in [1.82, 2.24) is 9.97 Å². The molecule has 0 aliphatic heterocycles. The van der Waals surface area contributed by atoms with Crippen molar-refractivity contribution in [2.75, 3.05) is 7.11 Å². The predicted molar refractivity (Wildman–Crippen MR) is 59.0 cm³/mol. The van der Waals surface area contributed by atoms with Crippen LogP contribution >= 0.6 is 0 Å². The lowest BCUT2D eigenvalue weighted by Gasteiger charge is -2.10. The minimum Gasteiger partial charge on any atom is -0.494 e. The molecule has 1 atom stereocenters. The Bertz CT molecular complexity index is 590. The first-order chi connectivity index (χ1) is 8.67. The summed E-state index contributed by atoms with van der Waals surface area (Å²) in [7, 11) is 1.24. The number of nitriles is 1. The number of aromatic nitrogens is 2. The second-order valence-electron chi connectivity index (χ2n) is 3.54. The van der Waals surface area contributed by atoms with Gasteiger partial charge in [0.15, 0.2) is 11.6 Å². The third kappa shape index (κ3) is 2.02. The van der Waals surface area contributed by atoms with Gasteiger partial charge in [0.2, 0.25) is 0 Å². The molecular formula is C12H9F2N3O. The minimum absolute atomic E-state index is 0.0780. The van der Waals surface area contributed by atoms with Gasteiger partial charge in [0.1, 0.15) is 17.6 Å². The van der Waals surface area contributed by atoms with Crippen molar-refractivity contribution in [2.24, 2.45) is 0 Å². The SMILES string of the molecule is COc1cc(F)c(C(C#N)c2ncc[nH]2)cc1F. The molecule has 0 aliphatic carbocycles. The molecule has 0 fully saturated rings. The molecule has 2 rings (SSSR count). The Morgan fingerprint density at radius 3 is 2.72 bits per heavy atom. The van der Waals surface area contributed by atoms with E-state index in [-0.39, 0.29) is 17.1 Å². The Balaban J connectivity index is 2.51. The molecule has 1 aromatic heterocycles. The van der Waals surface area contributed by atoms with Crippen molar-refractivity contribution in [2.45, 2.75) is 5.92 Å². The summed E-state index contributed by atoms with van der Waals surface area (Å²) in [5, 5.41) is 9.06. The van der Waals surface area contributed by atoms with Gasteiger partial charge in [-0.1, -0.05) is 0 Å². The molecule has 0 saturated heterocycles. The minimum atomic E-state index is -0.986. The van der Waals surface area contributed by atoms with E-state index in [1.807, 2.05) is 6.07 Å². The first-order valence-corrected chi connectivity index (χ1v) is 5.09. The van der Waals surface area contributed by atoms with Gasteiger partial charge in [0, 0.05) is 24.0 Å². The first-order valence-electron chi connectivity index (χ1n) is 5.09. The lowest BCUT2D eigenvalue weighted by Crippen LogP contribution is -2.05. The van der Waals surface area contributed by atoms with Gasteiger partial charge in [-0.15, -0.1) is 0 Å². The van der Waals surface area contributed by atoms with Crippen molar-refractivity contribution in [3.63, 3.8) is 0 Å². The van der Waals surface area contributed by atoms with E-state index in [0.29, 0.717) is 0 Å². The summed E-state index contributed by atoms with van der Waals surface area (Å²) < 4.78 is 32.0. The molecular weight excluding hydrogens is 240 g/mol. The van der Waals surface area contributed by atoms with Crippen LogP contribution in [0.1, 0.15) is 17.3 Å². The van der Waals surface area contributed by atoms with Crippen LogP contribution in [0.2, 0.25) is 0 Å². The average molecular weight is 249 g/mol. The van der Waals surface area contributed by atoms with Gasteiger partial charge in [0.05, 0.1) is 13.2 Å². The maximum absolute atomic E-state index is 13.8. The van der Waals surface area contributed by atoms with Crippen LogP contribution in [-0.2, 0) is 0 Å². The van der Waals surface area contributed by atoms with Gasteiger partial charge in [-0.2, -0.15) is 5.26 Å². The molecule has 0 spiro atoms. The van der Waals surface area contributed by atoms with Gasteiger partial charge in [-0.3, -0.25) is 0 Å². The second kappa shape index (κ2) is 4.84. The number of nitrogens with zero attached hydrogens (tertiary/aromatic N) is 2. The molecule has 1 N–H and O–H groups in total. The molecule has 18 heavy (non-hydrogen) atoms. The summed E-state index contributed by atoms with van der Waals surface area (Å²) in [6.45, 7) is 0. The molecule has 6 heteroatoms. The topological polar surface area (TPSA) is 61.7 Å². The predicted octanol–water partition coefficient (Wildman–Crippen LogP) is 2.35. The van der Waals surface area contributed by atoms with Crippen LogP contribution < -0.4 is 4.74 Å². The van der Waals surface area contributed by atoms with E-state index in [2.05, 4.69) is 14.7 Å². The summed E-state index contributed by atoms with van der Waals surface area (Å²) in [6, 6.07) is 3.75. The van der Waals surface area contributed by atoms with Gasteiger partial charge >= 0.3 is 0 Å². The highest BCUT2D eigenvalue weighted by Gasteiger charge is 2.22. The number of hydrogen-bond acceptors (Lipinski definition) is 3. The number of H-pyrrole nitrogens is 1. The maximum Gasteiger partial charge on any atom is 0.165 e. The highest BCUT2D eigenvalue weighted by molar-refractivity contribution is 5.38. The van der Waals surface area contributed by atoms with E-state index in [4.69, 9.17) is 5.26 Å². The number of aromatic amines is 1.